The fourth-order valence-electron chi connectivity index (χ4n) is 1.46. The molecule has 0 saturated heterocycles. The van der Waals surface area contributed by atoms with Gasteiger partial charge in [0.15, 0.2) is 0 Å². The molecule has 0 fully saturated rings. The summed E-state index contributed by atoms with van der Waals surface area (Å²) in [6, 6.07) is 0.175. The summed E-state index contributed by atoms with van der Waals surface area (Å²) in [4.78, 5) is 6.15. The van der Waals surface area contributed by atoms with E-state index in [1.165, 1.54) is 6.26 Å². The maximum absolute atomic E-state index is 11.0. The molecule has 1 atom stereocenters. The molecule has 0 saturated carbocycles. The van der Waals surface area contributed by atoms with E-state index in [-0.39, 0.29) is 11.8 Å². The minimum Gasteiger partial charge on any atom is -0.361 e. The molecule has 0 aromatic heterocycles. The zero-order chi connectivity index (χ0) is 12.2. The largest absolute Gasteiger partial charge is 0.361 e. The zero-order valence-electron chi connectivity index (χ0n) is 9.97. The minimum atomic E-state index is -2.85. The van der Waals surface area contributed by atoms with Gasteiger partial charge in [0.2, 0.25) is 0 Å². The first-order valence-electron chi connectivity index (χ1n) is 5.27. The topological polar surface area (TPSA) is 61.8 Å². The first-order chi connectivity index (χ1) is 7.38. The van der Waals surface area contributed by atoms with Crippen molar-refractivity contribution in [2.45, 2.75) is 19.4 Å². The van der Waals surface area contributed by atoms with Crippen LogP contribution in [0.25, 0.3) is 0 Å². The zero-order valence-corrected chi connectivity index (χ0v) is 10.8. The van der Waals surface area contributed by atoms with Crippen molar-refractivity contribution in [3.05, 3.63) is 11.9 Å². The van der Waals surface area contributed by atoms with Crippen LogP contribution in [0.2, 0.25) is 0 Å². The van der Waals surface area contributed by atoms with E-state index in [1.807, 2.05) is 24.9 Å². The van der Waals surface area contributed by atoms with Gasteiger partial charge in [0.25, 0.3) is 0 Å². The van der Waals surface area contributed by atoms with Crippen LogP contribution < -0.4 is 5.32 Å². The fourth-order valence-corrected chi connectivity index (χ4v) is 2.12. The molecule has 0 aromatic carbocycles. The molecule has 1 N–H and O–H groups in total. The van der Waals surface area contributed by atoms with Crippen LogP contribution in [0.3, 0.4) is 0 Å². The Morgan fingerprint density at radius 3 is 2.81 bits per heavy atom. The molecule has 0 aromatic rings. The molecule has 0 amide bonds. The second-order valence-electron chi connectivity index (χ2n) is 4.12. The lowest BCUT2D eigenvalue weighted by molar-refractivity contribution is 0.396. The summed E-state index contributed by atoms with van der Waals surface area (Å²) in [7, 11) is -0.917. The smallest absolute Gasteiger partial charge is 0.147 e. The molecule has 92 valence electrons. The number of aliphatic imine (C=N–C) groups is 1. The predicted molar refractivity (Wildman–Crippen MR) is 66.1 cm³/mol. The van der Waals surface area contributed by atoms with Crippen molar-refractivity contribution in [1.82, 2.24) is 10.2 Å². The van der Waals surface area contributed by atoms with Crippen molar-refractivity contribution in [2.75, 3.05) is 25.6 Å². The third kappa shape index (κ3) is 4.65. The number of rotatable bonds is 5. The van der Waals surface area contributed by atoms with Crippen LogP contribution in [0, 0.1) is 0 Å². The van der Waals surface area contributed by atoms with E-state index >= 15 is 0 Å². The second kappa shape index (κ2) is 5.34. The normalized spacial score (nSPS) is 20.2. The van der Waals surface area contributed by atoms with Crippen molar-refractivity contribution in [3.63, 3.8) is 0 Å². The lowest BCUT2D eigenvalue weighted by atomic mass is 10.3. The number of sulfone groups is 1. The van der Waals surface area contributed by atoms with Gasteiger partial charge in [-0.1, -0.05) is 0 Å². The van der Waals surface area contributed by atoms with Gasteiger partial charge in [-0.25, -0.2) is 8.42 Å². The molecule has 1 unspecified atom stereocenters. The summed E-state index contributed by atoms with van der Waals surface area (Å²) in [5.41, 5.74) is 0. The summed E-state index contributed by atoms with van der Waals surface area (Å²) in [6.07, 6.45) is 5.59. The van der Waals surface area contributed by atoms with Crippen molar-refractivity contribution in [3.8, 4) is 0 Å². The molecule has 0 bridgehead atoms. The Hall–Kier alpha value is -1.04. The quantitative estimate of drug-likeness (QED) is 0.752. The highest BCUT2D eigenvalue weighted by Gasteiger charge is 2.09. The van der Waals surface area contributed by atoms with Gasteiger partial charge in [0, 0.05) is 19.8 Å². The second-order valence-corrected chi connectivity index (χ2v) is 6.38. The molecule has 1 aliphatic rings. The van der Waals surface area contributed by atoms with E-state index in [0.717, 1.165) is 5.82 Å². The molecule has 0 aliphatic carbocycles. The van der Waals surface area contributed by atoms with E-state index in [9.17, 15) is 8.42 Å². The summed E-state index contributed by atoms with van der Waals surface area (Å²) in [5, 5.41) is 3.04. The third-order valence-corrected chi connectivity index (χ3v) is 3.37. The van der Waals surface area contributed by atoms with Crippen molar-refractivity contribution in [2.24, 2.45) is 4.99 Å². The molecule has 1 rings (SSSR count). The van der Waals surface area contributed by atoms with Crippen molar-refractivity contribution < 1.29 is 8.42 Å². The van der Waals surface area contributed by atoms with Gasteiger partial charge >= 0.3 is 0 Å². The maximum Gasteiger partial charge on any atom is 0.147 e. The van der Waals surface area contributed by atoms with Gasteiger partial charge in [-0.15, -0.1) is 0 Å². The summed E-state index contributed by atoms with van der Waals surface area (Å²) >= 11 is 0. The Balaban J connectivity index is 2.38. The van der Waals surface area contributed by atoms with Gasteiger partial charge in [-0.2, -0.15) is 0 Å². The highest BCUT2D eigenvalue weighted by Crippen LogP contribution is 2.06. The number of hydrogen-bond donors (Lipinski definition) is 1. The molecule has 1 heterocycles. The summed E-state index contributed by atoms with van der Waals surface area (Å²) in [6.45, 7) is 2.72. The highest BCUT2D eigenvalue weighted by molar-refractivity contribution is 7.90. The average molecular weight is 245 g/mol. The third-order valence-electron chi connectivity index (χ3n) is 2.34. The molecule has 5 nitrogen and oxygen atoms in total. The van der Waals surface area contributed by atoms with Gasteiger partial charge in [0.05, 0.1) is 18.1 Å². The van der Waals surface area contributed by atoms with Gasteiger partial charge in [0.1, 0.15) is 15.7 Å². The number of nitrogens with zero attached hydrogens (tertiary/aromatic N) is 2. The highest BCUT2D eigenvalue weighted by atomic mass is 32.2. The lowest BCUT2D eigenvalue weighted by Gasteiger charge is -2.25. The summed E-state index contributed by atoms with van der Waals surface area (Å²) < 4.78 is 21.9. The number of hydrogen-bond acceptors (Lipinski definition) is 5. The minimum absolute atomic E-state index is 0.175. The Labute approximate surface area is 97.2 Å². The SMILES string of the molecule is CC1C=C(N(C)CCCS(C)(=O)=O)NC=N1. The first kappa shape index (κ1) is 13.0. The molecule has 1 aliphatic heterocycles. The Kier molecular flexibility index (Phi) is 4.35. The first-order valence-corrected chi connectivity index (χ1v) is 7.33. The molecular weight excluding hydrogens is 226 g/mol. The predicted octanol–water partition coefficient (Wildman–Crippen LogP) is 0.214. The summed E-state index contributed by atoms with van der Waals surface area (Å²) in [5.74, 6) is 1.21. The molecule has 6 heteroatoms. The molecule has 0 radical (unpaired) electrons. The van der Waals surface area contributed by atoms with Crippen LogP contribution in [0.4, 0.5) is 0 Å². The Morgan fingerprint density at radius 1 is 1.56 bits per heavy atom. The van der Waals surface area contributed by atoms with Crippen molar-refractivity contribution >= 4 is 16.2 Å². The van der Waals surface area contributed by atoms with E-state index < -0.39 is 9.84 Å². The van der Waals surface area contributed by atoms with E-state index in [0.29, 0.717) is 13.0 Å². The van der Waals surface area contributed by atoms with E-state index in [1.54, 1.807) is 6.34 Å². The average Bonchev–Trinajstić information content (AvgIpc) is 2.15. The van der Waals surface area contributed by atoms with Gasteiger partial charge in [-0.05, 0) is 19.4 Å². The Bertz CT molecular complexity index is 387. The van der Waals surface area contributed by atoms with Crippen LogP contribution in [-0.2, 0) is 9.84 Å². The molecular formula is C10H19N3O2S. The van der Waals surface area contributed by atoms with E-state index in [4.69, 9.17) is 0 Å². The van der Waals surface area contributed by atoms with Gasteiger partial charge in [-0.3, -0.25) is 4.99 Å². The lowest BCUT2D eigenvalue weighted by Crippen LogP contribution is -2.32. The molecule has 0 spiro atoms. The standard InChI is InChI=1S/C10H19N3O2S/c1-9-7-10(12-8-11-9)13(2)5-4-6-16(3,14)15/h7-9H,4-6H2,1-3H3,(H,11,12). The van der Waals surface area contributed by atoms with Crippen molar-refractivity contribution in [1.29, 1.82) is 0 Å². The van der Waals surface area contributed by atoms with Crippen LogP contribution in [0.1, 0.15) is 13.3 Å². The molecule has 16 heavy (non-hydrogen) atoms. The van der Waals surface area contributed by atoms with E-state index in [2.05, 4.69) is 10.3 Å². The Morgan fingerprint density at radius 2 is 2.25 bits per heavy atom. The maximum atomic E-state index is 11.0. The monoisotopic (exact) mass is 245 g/mol. The number of nitrogens with one attached hydrogen (secondary N) is 1. The van der Waals surface area contributed by atoms with Crippen LogP contribution >= 0.6 is 0 Å². The van der Waals surface area contributed by atoms with Gasteiger partial charge < -0.3 is 10.2 Å². The van der Waals surface area contributed by atoms with Crippen LogP contribution in [-0.4, -0.2) is 51.3 Å². The van der Waals surface area contributed by atoms with Crippen LogP contribution in [0.5, 0.6) is 0 Å². The fraction of sp³-hybridized carbons (Fsp3) is 0.700. The van der Waals surface area contributed by atoms with Crippen LogP contribution in [0.15, 0.2) is 16.9 Å².